The molecule has 1 saturated heterocycles. The molecule has 0 unspecified atom stereocenters. The molecular weight excluding hydrogens is 514 g/mol. The van der Waals surface area contributed by atoms with Crippen LogP contribution in [0.5, 0.6) is 0 Å². The van der Waals surface area contributed by atoms with Gasteiger partial charge in [-0.2, -0.15) is 0 Å². The largest absolute Gasteiger partial charge is 0.342 e. The van der Waals surface area contributed by atoms with E-state index < -0.39 is 0 Å². The van der Waals surface area contributed by atoms with E-state index in [1.54, 1.807) is 6.20 Å². The molecule has 1 aliphatic carbocycles. The Balaban J connectivity index is 1.41. The van der Waals surface area contributed by atoms with Crippen LogP contribution in [0.1, 0.15) is 46.7 Å². The van der Waals surface area contributed by atoms with Gasteiger partial charge in [0.25, 0.3) is 0 Å². The van der Waals surface area contributed by atoms with Gasteiger partial charge in [0.05, 0.1) is 12.3 Å². The zero-order valence-corrected chi connectivity index (χ0v) is 21.6. The zero-order valence-electron chi connectivity index (χ0n) is 19.3. The van der Waals surface area contributed by atoms with Crippen molar-refractivity contribution in [1.29, 1.82) is 0 Å². The van der Waals surface area contributed by atoms with Gasteiger partial charge in [-0.3, -0.25) is 10.0 Å². The van der Waals surface area contributed by atoms with Gasteiger partial charge in [0.2, 0.25) is 17.8 Å². The van der Waals surface area contributed by atoms with Crippen LogP contribution in [-0.2, 0) is 31.1 Å². The van der Waals surface area contributed by atoms with Gasteiger partial charge in [-0.25, -0.2) is 4.57 Å². The third kappa shape index (κ3) is 4.58. The normalized spacial score (nSPS) is 18.2. The van der Waals surface area contributed by atoms with E-state index in [2.05, 4.69) is 28.1 Å². The van der Waals surface area contributed by atoms with Crippen LogP contribution in [0.25, 0.3) is 0 Å². The van der Waals surface area contributed by atoms with Crippen molar-refractivity contribution in [3.05, 3.63) is 92.4 Å². The fourth-order valence-electron chi connectivity index (χ4n) is 5.58. The highest BCUT2D eigenvalue weighted by molar-refractivity contribution is 9.10. The number of carbonyl (C=O) groups excluding carboxylic acids is 1. The molecule has 0 bridgehead atoms. The second-order valence-electron chi connectivity index (χ2n) is 9.47. The molecule has 1 N–H and O–H groups in total. The van der Waals surface area contributed by atoms with Gasteiger partial charge in [0.15, 0.2) is 12.4 Å². The van der Waals surface area contributed by atoms with Crippen LogP contribution < -0.4 is 9.30 Å². The highest BCUT2D eigenvalue weighted by Gasteiger charge is 2.41. The maximum Gasteiger partial charge on any atom is 0.245 e. The van der Waals surface area contributed by atoms with E-state index in [9.17, 15) is 10.0 Å². The summed E-state index contributed by atoms with van der Waals surface area (Å²) in [6.45, 7) is 1.46. The number of piperidine rings is 1. The highest BCUT2D eigenvalue weighted by Crippen LogP contribution is 2.45. The van der Waals surface area contributed by atoms with E-state index in [0.717, 1.165) is 59.5 Å². The Morgan fingerprint density at radius 1 is 1.12 bits per heavy atom. The van der Waals surface area contributed by atoms with Crippen LogP contribution in [0.15, 0.2) is 59.5 Å². The van der Waals surface area contributed by atoms with Gasteiger partial charge in [-0.15, -0.1) is 0 Å². The van der Waals surface area contributed by atoms with Crippen molar-refractivity contribution in [3.63, 3.8) is 0 Å². The fraction of sp³-hybridized carbons (Fsp3) is 0.370. The zero-order chi connectivity index (χ0) is 23.8. The minimum Gasteiger partial charge on any atom is -0.342 e. The molecule has 34 heavy (non-hydrogen) atoms. The SMILES string of the molecule is C[n+]1ccc(CC(=O)N2CCC([C@@H]3c4c(Br)cc(Cl)cc4CCc4ccc[n+](O)c43)CC2)cc1. The van der Waals surface area contributed by atoms with Crippen molar-refractivity contribution in [2.75, 3.05) is 13.1 Å². The molecule has 5 nitrogen and oxygen atoms in total. The molecule has 1 fully saturated rings. The number of benzene rings is 1. The van der Waals surface area contributed by atoms with Gasteiger partial charge in [0.1, 0.15) is 7.05 Å². The summed E-state index contributed by atoms with van der Waals surface area (Å²) in [7, 11) is 1.97. The molecule has 1 amide bonds. The molecule has 0 radical (unpaired) electrons. The van der Waals surface area contributed by atoms with E-state index in [4.69, 9.17) is 11.6 Å². The predicted molar refractivity (Wildman–Crippen MR) is 133 cm³/mol. The van der Waals surface area contributed by atoms with Crippen molar-refractivity contribution in [2.24, 2.45) is 13.0 Å². The molecule has 176 valence electrons. The Bertz CT molecular complexity index is 1220. The lowest BCUT2D eigenvalue weighted by atomic mass is 9.76. The lowest BCUT2D eigenvalue weighted by molar-refractivity contribution is -0.910. The number of aryl methyl sites for hydroxylation is 3. The van der Waals surface area contributed by atoms with E-state index in [0.29, 0.717) is 12.3 Å². The second-order valence-corrected chi connectivity index (χ2v) is 10.8. The summed E-state index contributed by atoms with van der Waals surface area (Å²) in [6.07, 6.45) is 9.63. The summed E-state index contributed by atoms with van der Waals surface area (Å²) >= 11 is 10.2. The number of aromatic nitrogens is 2. The summed E-state index contributed by atoms with van der Waals surface area (Å²) in [5.41, 5.74) is 5.63. The van der Waals surface area contributed by atoms with Crippen LogP contribution in [0.4, 0.5) is 0 Å². The van der Waals surface area contributed by atoms with Gasteiger partial charge in [0, 0.05) is 51.1 Å². The van der Waals surface area contributed by atoms with Crippen LogP contribution in [0.2, 0.25) is 5.02 Å². The van der Waals surface area contributed by atoms with Crippen molar-refractivity contribution in [3.8, 4) is 0 Å². The number of likely N-dealkylation sites (tertiary alicyclic amines) is 1. The van der Waals surface area contributed by atoms with E-state index in [-0.39, 0.29) is 11.8 Å². The topological polar surface area (TPSA) is 48.3 Å². The standard InChI is InChI=1S/C27H29BrClN3O2/c1-30-11-6-18(7-12-30)15-24(33)31-13-8-19(9-14-31)26-25-21(16-22(29)17-23(25)28)5-4-20-3-2-10-32(34)27(20)26/h2-3,6-7,10-12,16-17,19,26,34H,4-5,8-9,13-15H2,1H3/q+2/t26-/m1/s1. The smallest absolute Gasteiger partial charge is 0.245 e. The maximum absolute atomic E-state index is 13.0. The number of rotatable bonds is 3. The van der Waals surface area contributed by atoms with Gasteiger partial charge < -0.3 is 4.90 Å². The number of hydrogen-bond acceptors (Lipinski definition) is 2. The van der Waals surface area contributed by atoms with Crippen LogP contribution in [-0.4, -0.2) is 29.1 Å². The van der Waals surface area contributed by atoms with E-state index >= 15 is 0 Å². The first-order valence-corrected chi connectivity index (χ1v) is 13.0. The summed E-state index contributed by atoms with van der Waals surface area (Å²) in [6, 6.07) is 12.1. The molecule has 1 atom stereocenters. The maximum atomic E-state index is 13.0. The number of amides is 1. The molecule has 3 aromatic rings. The predicted octanol–water partition coefficient (Wildman–Crippen LogP) is 4.16. The summed E-state index contributed by atoms with van der Waals surface area (Å²) in [5.74, 6) is 0.532. The Hall–Kier alpha value is -2.44. The van der Waals surface area contributed by atoms with Crippen LogP contribution >= 0.6 is 27.5 Å². The average Bonchev–Trinajstić information content (AvgIpc) is 2.99. The third-order valence-corrected chi connectivity index (χ3v) is 8.19. The van der Waals surface area contributed by atoms with Crippen molar-refractivity contribution < 1.29 is 19.3 Å². The van der Waals surface area contributed by atoms with Crippen LogP contribution in [0, 0.1) is 5.92 Å². The summed E-state index contributed by atoms with van der Waals surface area (Å²) < 4.78 is 4.27. The van der Waals surface area contributed by atoms with Gasteiger partial charge in [-0.1, -0.05) is 27.5 Å². The molecule has 1 aromatic carbocycles. The minimum absolute atomic E-state index is 0.0386. The molecule has 2 aromatic heterocycles. The third-order valence-electron chi connectivity index (χ3n) is 7.32. The monoisotopic (exact) mass is 541 g/mol. The van der Waals surface area contributed by atoms with E-state index in [1.807, 2.05) is 53.2 Å². The fourth-order valence-corrected chi connectivity index (χ4v) is 6.70. The molecule has 0 saturated carbocycles. The second kappa shape index (κ2) is 9.67. The highest BCUT2D eigenvalue weighted by atomic mass is 79.9. The molecule has 3 heterocycles. The number of hydrogen-bond donors (Lipinski definition) is 1. The van der Waals surface area contributed by atoms with Crippen LogP contribution in [0.3, 0.4) is 0 Å². The van der Waals surface area contributed by atoms with Crippen molar-refractivity contribution >= 4 is 33.4 Å². The Kier molecular flexibility index (Phi) is 6.63. The molecule has 7 heteroatoms. The van der Waals surface area contributed by atoms with E-state index in [1.165, 1.54) is 21.4 Å². The lowest BCUT2D eigenvalue weighted by Gasteiger charge is -2.36. The lowest BCUT2D eigenvalue weighted by Crippen LogP contribution is -2.44. The Labute approximate surface area is 213 Å². The first kappa shape index (κ1) is 23.3. The molecular formula is C27H29BrClN3O2+2. The molecule has 0 spiro atoms. The Morgan fingerprint density at radius 2 is 1.82 bits per heavy atom. The summed E-state index contributed by atoms with van der Waals surface area (Å²) in [5, 5.41) is 11.6. The first-order chi connectivity index (χ1) is 16.4. The number of pyridine rings is 2. The molecule has 5 rings (SSSR count). The first-order valence-electron chi connectivity index (χ1n) is 11.8. The van der Waals surface area contributed by atoms with Gasteiger partial charge in [-0.05, 0) is 66.5 Å². The number of carbonyl (C=O) groups is 1. The number of fused-ring (bicyclic) bond motifs is 2. The van der Waals surface area contributed by atoms with Crippen molar-refractivity contribution in [1.82, 2.24) is 4.90 Å². The average molecular weight is 543 g/mol. The summed E-state index contributed by atoms with van der Waals surface area (Å²) in [4.78, 5) is 15.0. The quantitative estimate of drug-likeness (QED) is 0.399. The molecule has 1 aliphatic heterocycles. The minimum atomic E-state index is 0.0386. The van der Waals surface area contributed by atoms with Gasteiger partial charge >= 0.3 is 0 Å². The van der Waals surface area contributed by atoms with Crippen molar-refractivity contribution in [2.45, 2.75) is 38.0 Å². The number of halogens is 2. The Morgan fingerprint density at radius 3 is 2.56 bits per heavy atom. The number of nitrogens with zero attached hydrogens (tertiary/aromatic N) is 3. The molecule has 2 aliphatic rings.